The van der Waals surface area contributed by atoms with E-state index in [9.17, 15) is 8.42 Å². The number of hydrogen-bond donors (Lipinski definition) is 0. The molecule has 2 bridgehead atoms. The fourth-order valence-corrected chi connectivity index (χ4v) is 6.84. The van der Waals surface area contributed by atoms with Gasteiger partial charge in [-0.2, -0.15) is 4.31 Å². The Bertz CT molecular complexity index is 652. The largest absolute Gasteiger partial charge is 0.243 e. The average Bonchev–Trinajstić information content (AvgIpc) is 3.03. The molecule has 3 fully saturated rings. The summed E-state index contributed by atoms with van der Waals surface area (Å²) in [5.41, 5.74) is 1.41. The molecule has 4 heteroatoms. The van der Waals surface area contributed by atoms with Gasteiger partial charge >= 0.3 is 0 Å². The lowest BCUT2D eigenvalue weighted by atomic mass is 9.78. The molecule has 1 aromatic rings. The first kappa shape index (κ1) is 13.8. The maximum atomic E-state index is 13.1. The Labute approximate surface area is 127 Å². The van der Waals surface area contributed by atoms with Gasteiger partial charge < -0.3 is 0 Å². The molecule has 0 N–H and O–H groups in total. The van der Waals surface area contributed by atoms with Crippen LogP contribution in [0.4, 0.5) is 0 Å². The second-order valence-electron chi connectivity index (χ2n) is 7.27. The van der Waals surface area contributed by atoms with Crippen LogP contribution in [0.5, 0.6) is 0 Å². The molecule has 1 heterocycles. The molecule has 3 aliphatic rings. The smallest absolute Gasteiger partial charge is 0.207 e. The minimum atomic E-state index is -3.33. The molecule has 0 radical (unpaired) electrons. The van der Waals surface area contributed by atoms with Crippen LogP contribution in [0.15, 0.2) is 29.2 Å². The van der Waals surface area contributed by atoms with Gasteiger partial charge in [0.05, 0.1) is 4.90 Å². The van der Waals surface area contributed by atoms with Crippen LogP contribution in [-0.4, -0.2) is 25.3 Å². The van der Waals surface area contributed by atoms with Crippen molar-refractivity contribution in [2.24, 2.45) is 11.3 Å². The van der Waals surface area contributed by atoms with Gasteiger partial charge in [0.1, 0.15) is 0 Å². The highest BCUT2D eigenvalue weighted by Crippen LogP contribution is 2.58. The summed E-state index contributed by atoms with van der Waals surface area (Å²) >= 11 is 0. The molecule has 21 heavy (non-hydrogen) atoms. The fourth-order valence-electron chi connectivity index (χ4n) is 5.02. The van der Waals surface area contributed by atoms with Gasteiger partial charge in [-0.05, 0) is 62.5 Å². The van der Waals surface area contributed by atoms with E-state index in [1.165, 1.54) is 32.1 Å². The van der Waals surface area contributed by atoms with Gasteiger partial charge in [0.15, 0.2) is 0 Å². The maximum absolute atomic E-state index is 13.1. The molecule has 0 aromatic heterocycles. The molecule has 4 rings (SSSR count). The fraction of sp³-hybridized carbons (Fsp3) is 0.647. The van der Waals surface area contributed by atoms with Crippen LogP contribution in [0.2, 0.25) is 0 Å². The van der Waals surface area contributed by atoms with Crippen molar-refractivity contribution in [3.63, 3.8) is 0 Å². The molecule has 114 valence electrons. The average molecular weight is 305 g/mol. The summed E-state index contributed by atoms with van der Waals surface area (Å²) in [7, 11) is -3.33. The first-order valence-corrected chi connectivity index (χ1v) is 9.54. The monoisotopic (exact) mass is 305 g/mol. The van der Waals surface area contributed by atoms with Crippen molar-refractivity contribution in [1.29, 1.82) is 0 Å². The molecule has 3 nitrogen and oxygen atoms in total. The molecule has 0 amide bonds. The molecular formula is C17H23NO2S. The highest BCUT2D eigenvalue weighted by Gasteiger charge is 2.56. The number of piperidine rings is 1. The summed E-state index contributed by atoms with van der Waals surface area (Å²) in [4.78, 5) is 0.469. The van der Waals surface area contributed by atoms with Gasteiger partial charge in [-0.25, -0.2) is 8.42 Å². The van der Waals surface area contributed by atoms with E-state index in [0.717, 1.165) is 18.5 Å². The van der Waals surface area contributed by atoms with Gasteiger partial charge in [0.2, 0.25) is 10.0 Å². The van der Waals surface area contributed by atoms with Gasteiger partial charge in [0.25, 0.3) is 0 Å². The summed E-state index contributed by atoms with van der Waals surface area (Å²) in [5.74, 6) is 0.583. The van der Waals surface area contributed by atoms with Crippen molar-refractivity contribution in [2.45, 2.75) is 56.4 Å². The van der Waals surface area contributed by atoms with E-state index in [1.807, 2.05) is 23.4 Å². The van der Waals surface area contributed by atoms with E-state index in [2.05, 4.69) is 0 Å². The summed E-state index contributed by atoms with van der Waals surface area (Å²) in [6.07, 6.45) is 7.19. The van der Waals surface area contributed by atoms with Gasteiger partial charge in [-0.15, -0.1) is 0 Å². The topological polar surface area (TPSA) is 37.4 Å². The molecule has 3 atom stereocenters. The highest BCUT2D eigenvalue weighted by molar-refractivity contribution is 7.89. The predicted molar refractivity (Wildman–Crippen MR) is 82.5 cm³/mol. The minimum absolute atomic E-state index is 0.252. The molecule has 1 spiro atoms. The second kappa shape index (κ2) is 4.56. The van der Waals surface area contributed by atoms with Crippen molar-refractivity contribution in [3.8, 4) is 0 Å². The molecule has 1 saturated heterocycles. The summed E-state index contributed by atoms with van der Waals surface area (Å²) < 4.78 is 28.0. The van der Waals surface area contributed by atoms with E-state index < -0.39 is 10.0 Å². The molecule has 1 aromatic carbocycles. The molecule has 1 aliphatic heterocycles. The zero-order valence-electron chi connectivity index (χ0n) is 12.6. The van der Waals surface area contributed by atoms with Crippen LogP contribution in [0, 0.1) is 18.3 Å². The van der Waals surface area contributed by atoms with Crippen molar-refractivity contribution in [2.75, 3.05) is 6.54 Å². The van der Waals surface area contributed by atoms with Gasteiger partial charge in [-0.3, -0.25) is 0 Å². The SMILES string of the molecule is Cc1ccc(S(=O)(=O)N2CC3CCC4(CCCC24)C3)cc1. The maximum Gasteiger partial charge on any atom is 0.243 e. The Hall–Kier alpha value is -0.870. The van der Waals surface area contributed by atoms with Crippen LogP contribution in [0.3, 0.4) is 0 Å². The Kier molecular flexibility index (Phi) is 2.99. The summed E-state index contributed by atoms with van der Waals surface area (Å²) in [6, 6.07) is 7.58. The first-order valence-electron chi connectivity index (χ1n) is 8.10. The van der Waals surface area contributed by atoms with Crippen LogP contribution < -0.4 is 0 Å². The number of hydrogen-bond acceptors (Lipinski definition) is 2. The van der Waals surface area contributed by atoms with E-state index in [1.54, 1.807) is 12.1 Å². The normalized spacial score (nSPS) is 35.9. The second-order valence-corrected chi connectivity index (χ2v) is 9.16. The van der Waals surface area contributed by atoms with Gasteiger partial charge in [0, 0.05) is 12.6 Å². The predicted octanol–water partition coefficient (Wildman–Crippen LogP) is 3.34. The number of rotatable bonds is 2. The summed E-state index contributed by atoms with van der Waals surface area (Å²) in [5, 5.41) is 0. The number of sulfonamides is 1. The van der Waals surface area contributed by atoms with Crippen molar-refractivity contribution >= 4 is 10.0 Å². The molecule has 2 saturated carbocycles. The molecule has 2 aliphatic carbocycles. The van der Waals surface area contributed by atoms with Crippen LogP contribution in [0.25, 0.3) is 0 Å². The Balaban J connectivity index is 1.73. The van der Waals surface area contributed by atoms with E-state index >= 15 is 0 Å². The lowest BCUT2D eigenvalue weighted by Gasteiger charge is -2.43. The van der Waals surface area contributed by atoms with Crippen molar-refractivity contribution < 1.29 is 8.42 Å². The van der Waals surface area contributed by atoms with Crippen molar-refractivity contribution in [1.82, 2.24) is 4.31 Å². The van der Waals surface area contributed by atoms with E-state index in [0.29, 0.717) is 16.2 Å². The quantitative estimate of drug-likeness (QED) is 0.840. The zero-order chi connectivity index (χ0) is 14.7. The number of fused-ring (bicyclic) bond motifs is 1. The number of benzene rings is 1. The lowest BCUT2D eigenvalue weighted by molar-refractivity contribution is 0.108. The van der Waals surface area contributed by atoms with Crippen LogP contribution in [-0.2, 0) is 10.0 Å². The van der Waals surface area contributed by atoms with Crippen LogP contribution in [0.1, 0.15) is 44.1 Å². The Morgan fingerprint density at radius 1 is 1.14 bits per heavy atom. The number of nitrogens with zero attached hydrogens (tertiary/aromatic N) is 1. The highest BCUT2D eigenvalue weighted by atomic mass is 32.2. The number of aryl methyl sites for hydroxylation is 1. The Morgan fingerprint density at radius 2 is 1.90 bits per heavy atom. The summed E-state index contributed by atoms with van der Waals surface area (Å²) in [6.45, 7) is 2.73. The minimum Gasteiger partial charge on any atom is -0.207 e. The third kappa shape index (κ3) is 1.99. The van der Waals surface area contributed by atoms with Crippen molar-refractivity contribution in [3.05, 3.63) is 29.8 Å². The first-order chi connectivity index (χ1) is 10.0. The zero-order valence-corrected chi connectivity index (χ0v) is 13.4. The van der Waals surface area contributed by atoms with E-state index in [-0.39, 0.29) is 6.04 Å². The molecule has 3 unspecified atom stereocenters. The standard InChI is InChI=1S/C17H23NO2S/c1-13-4-6-15(7-5-13)21(19,20)18-12-14-8-10-17(11-14)9-2-3-16(17)18/h4-7,14,16H,2-3,8-12H2,1H3. The molecular weight excluding hydrogens is 282 g/mol. The third-order valence-electron chi connectivity index (χ3n) is 6.02. The third-order valence-corrected chi connectivity index (χ3v) is 7.91. The van der Waals surface area contributed by atoms with Crippen LogP contribution >= 0.6 is 0 Å². The van der Waals surface area contributed by atoms with E-state index in [4.69, 9.17) is 0 Å². The lowest BCUT2D eigenvalue weighted by Crippen LogP contribution is -2.51. The van der Waals surface area contributed by atoms with Gasteiger partial charge in [-0.1, -0.05) is 24.1 Å². The Morgan fingerprint density at radius 3 is 2.67 bits per heavy atom.